The number of methoxy groups -OCH3 is 2. The fraction of sp³-hybridized carbons (Fsp3) is 0.167. The van der Waals surface area contributed by atoms with E-state index >= 15 is 0 Å². The molecule has 2 aromatic carbocycles. The van der Waals surface area contributed by atoms with Crippen LogP contribution in [0.1, 0.15) is 11.1 Å². The van der Waals surface area contributed by atoms with E-state index in [1.165, 1.54) is 32.6 Å². The number of hydrogen-bond donors (Lipinski definition) is 1. The lowest BCUT2D eigenvalue weighted by Crippen LogP contribution is -2.24. The zero-order valence-corrected chi connectivity index (χ0v) is 15.0. The van der Waals surface area contributed by atoms with Crippen LogP contribution >= 0.6 is 0 Å². The smallest absolute Gasteiger partial charge is 0.311 e. The van der Waals surface area contributed by atoms with Crippen molar-refractivity contribution in [2.24, 2.45) is 5.10 Å². The fourth-order valence-electron chi connectivity index (χ4n) is 2.18. The maximum absolute atomic E-state index is 11.8. The number of benzene rings is 2. The van der Waals surface area contributed by atoms with Crippen LogP contribution in [-0.2, 0) is 4.79 Å². The SMILES string of the molecule is COc1cc(OC)c([N+](=O)[O-])cc1/C=N/NC(=O)COc1ccccc1C#N. The molecule has 2 rings (SSSR count). The molecule has 0 atom stereocenters. The number of rotatable bonds is 8. The number of amides is 1. The maximum Gasteiger partial charge on any atom is 0.311 e. The summed E-state index contributed by atoms with van der Waals surface area (Å²) < 4.78 is 15.4. The van der Waals surface area contributed by atoms with Crippen LogP contribution in [-0.4, -0.2) is 37.9 Å². The zero-order valence-electron chi connectivity index (χ0n) is 15.0. The molecule has 0 spiro atoms. The molecule has 0 aliphatic heterocycles. The van der Waals surface area contributed by atoms with Crippen molar-refractivity contribution in [2.75, 3.05) is 20.8 Å². The highest BCUT2D eigenvalue weighted by molar-refractivity contribution is 5.87. The van der Waals surface area contributed by atoms with Crippen LogP contribution in [0.4, 0.5) is 5.69 Å². The Hall–Kier alpha value is -4.13. The van der Waals surface area contributed by atoms with Crippen molar-refractivity contribution in [1.29, 1.82) is 5.26 Å². The van der Waals surface area contributed by atoms with Gasteiger partial charge in [-0.2, -0.15) is 10.4 Å². The van der Waals surface area contributed by atoms with Crippen molar-refractivity contribution in [3.63, 3.8) is 0 Å². The molecule has 144 valence electrons. The average Bonchev–Trinajstić information content (AvgIpc) is 2.71. The third-order valence-corrected chi connectivity index (χ3v) is 3.49. The number of para-hydroxylation sites is 1. The third kappa shape index (κ3) is 4.95. The summed E-state index contributed by atoms with van der Waals surface area (Å²) in [7, 11) is 2.69. The van der Waals surface area contributed by atoms with E-state index in [0.29, 0.717) is 5.56 Å². The first-order valence-corrected chi connectivity index (χ1v) is 7.84. The van der Waals surface area contributed by atoms with Crippen LogP contribution in [0, 0.1) is 21.4 Å². The standard InChI is InChI=1S/C18H16N4O6/c1-26-16-8-17(27-2)14(22(24)25)7-13(16)10-20-21-18(23)11-28-15-6-4-3-5-12(15)9-19/h3-8,10H,11H2,1-2H3,(H,21,23)/b20-10+. The minimum Gasteiger partial charge on any atom is -0.496 e. The van der Waals surface area contributed by atoms with Crippen LogP contribution in [0.2, 0.25) is 0 Å². The Labute approximate surface area is 160 Å². The molecule has 0 fully saturated rings. The lowest BCUT2D eigenvalue weighted by atomic mass is 10.1. The van der Waals surface area contributed by atoms with Gasteiger partial charge < -0.3 is 14.2 Å². The molecule has 0 aliphatic rings. The predicted molar refractivity (Wildman–Crippen MR) is 98.6 cm³/mol. The summed E-state index contributed by atoms with van der Waals surface area (Å²) in [6.45, 7) is -0.365. The van der Waals surface area contributed by atoms with Crippen molar-refractivity contribution in [2.45, 2.75) is 0 Å². The van der Waals surface area contributed by atoms with E-state index in [0.717, 1.165) is 0 Å². The van der Waals surface area contributed by atoms with Gasteiger partial charge in [-0.15, -0.1) is 0 Å². The quantitative estimate of drug-likeness (QED) is 0.417. The van der Waals surface area contributed by atoms with Crippen molar-refractivity contribution >= 4 is 17.8 Å². The molecule has 0 radical (unpaired) electrons. The Kier molecular flexibility index (Phi) is 6.87. The summed E-state index contributed by atoms with van der Waals surface area (Å²) in [6.07, 6.45) is 1.20. The minimum absolute atomic E-state index is 0.0348. The Balaban J connectivity index is 2.05. The topological polar surface area (TPSA) is 136 Å². The summed E-state index contributed by atoms with van der Waals surface area (Å²) >= 11 is 0. The number of nitrogens with one attached hydrogen (secondary N) is 1. The van der Waals surface area contributed by atoms with E-state index in [4.69, 9.17) is 19.5 Å². The molecule has 2 aromatic rings. The van der Waals surface area contributed by atoms with Gasteiger partial charge in [0.15, 0.2) is 6.61 Å². The van der Waals surface area contributed by atoms with Gasteiger partial charge in [-0.1, -0.05) is 12.1 Å². The van der Waals surface area contributed by atoms with Gasteiger partial charge in [-0.05, 0) is 12.1 Å². The molecular weight excluding hydrogens is 368 g/mol. The molecule has 0 aromatic heterocycles. The summed E-state index contributed by atoms with van der Waals surface area (Å²) in [4.78, 5) is 22.4. The number of hydrogen-bond acceptors (Lipinski definition) is 8. The van der Waals surface area contributed by atoms with E-state index in [9.17, 15) is 14.9 Å². The van der Waals surface area contributed by atoms with Crippen molar-refractivity contribution < 1.29 is 23.9 Å². The predicted octanol–water partition coefficient (Wildman–Crippen LogP) is 2.01. The molecule has 10 heteroatoms. The molecule has 0 unspecified atom stereocenters. The van der Waals surface area contributed by atoms with Crippen molar-refractivity contribution in [3.05, 3.63) is 57.6 Å². The van der Waals surface area contributed by atoms with Gasteiger partial charge in [0.25, 0.3) is 5.91 Å². The highest BCUT2D eigenvalue weighted by Crippen LogP contribution is 2.33. The molecule has 0 aliphatic carbocycles. The first-order valence-electron chi connectivity index (χ1n) is 7.84. The van der Waals surface area contributed by atoms with E-state index in [1.807, 2.05) is 6.07 Å². The van der Waals surface area contributed by atoms with Crippen LogP contribution < -0.4 is 19.6 Å². The second-order valence-corrected chi connectivity index (χ2v) is 5.21. The molecular formula is C18H16N4O6. The summed E-state index contributed by atoms with van der Waals surface area (Å²) in [6, 6.07) is 11.0. The average molecular weight is 384 g/mol. The van der Waals surface area contributed by atoms with Gasteiger partial charge in [0.05, 0.1) is 30.9 Å². The Morgan fingerprint density at radius 1 is 1.25 bits per heavy atom. The summed E-state index contributed by atoms with van der Waals surface area (Å²) in [5.74, 6) is 0.00906. The van der Waals surface area contributed by atoms with E-state index in [1.54, 1.807) is 24.3 Å². The normalized spacial score (nSPS) is 10.2. The van der Waals surface area contributed by atoms with Gasteiger partial charge in [-0.3, -0.25) is 14.9 Å². The first kappa shape index (κ1) is 20.2. The number of hydrazone groups is 1. The van der Waals surface area contributed by atoms with Crippen LogP contribution in [0.5, 0.6) is 17.2 Å². The van der Waals surface area contributed by atoms with Gasteiger partial charge in [0.1, 0.15) is 17.6 Å². The first-order chi connectivity index (χ1) is 13.5. The Morgan fingerprint density at radius 3 is 2.61 bits per heavy atom. The number of ether oxygens (including phenoxy) is 3. The minimum atomic E-state index is -0.603. The number of nitrogens with zero attached hydrogens (tertiary/aromatic N) is 3. The second-order valence-electron chi connectivity index (χ2n) is 5.21. The molecule has 1 amide bonds. The number of carbonyl (C=O) groups is 1. The third-order valence-electron chi connectivity index (χ3n) is 3.49. The second kappa shape index (κ2) is 9.54. The van der Waals surface area contributed by atoms with E-state index < -0.39 is 10.8 Å². The summed E-state index contributed by atoms with van der Waals surface area (Å²) in [5, 5.41) is 23.8. The van der Waals surface area contributed by atoms with Crippen molar-refractivity contribution in [1.82, 2.24) is 5.43 Å². The molecule has 0 bridgehead atoms. The maximum atomic E-state index is 11.8. The van der Waals surface area contributed by atoms with Gasteiger partial charge in [0.2, 0.25) is 5.75 Å². The Morgan fingerprint density at radius 2 is 1.96 bits per heavy atom. The molecule has 1 N–H and O–H groups in total. The molecule has 0 saturated heterocycles. The van der Waals surface area contributed by atoms with Crippen LogP contribution in [0.3, 0.4) is 0 Å². The molecule has 0 saturated carbocycles. The van der Waals surface area contributed by atoms with E-state index in [2.05, 4.69) is 10.5 Å². The zero-order chi connectivity index (χ0) is 20.5. The lowest BCUT2D eigenvalue weighted by molar-refractivity contribution is -0.385. The van der Waals surface area contributed by atoms with Gasteiger partial charge in [0, 0.05) is 17.7 Å². The van der Waals surface area contributed by atoms with E-state index in [-0.39, 0.29) is 35.1 Å². The molecule has 0 heterocycles. The number of nitro groups is 1. The number of nitro benzene ring substituents is 1. The van der Waals surface area contributed by atoms with Crippen molar-refractivity contribution in [3.8, 4) is 23.3 Å². The molecule has 28 heavy (non-hydrogen) atoms. The van der Waals surface area contributed by atoms with Gasteiger partial charge >= 0.3 is 5.69 Å². The Bertz CT molecular complexity index is 952. The monoisotopic (exact) mass is 384 g/mol. The van der Waals surface area contributed by atoms with Crippen LogP contribution in [0.15, 0.2) is 41.5 Å². The fourth-order valence-corrected chi connectivity index (χ4v) is 2.18. The number of carbonyl (C=O) groups excluding carboxylic acids is 1. The van der Waals surface area contributed by atoms with Gasteiger partial charge in [-0.25, -0.2) is 5.43 Å². The van der Waals surface area contributed by atoms with Crippen LogP contribution in [0.25, 0.3) is 0 Å². The highest BCUT2D eigenvalue weighted by Gasteiger charge is 2.18. The lowest BCUT2D eigenvalue weighted by Gasteiger charge is -2.08. The largest absolute Gasteiger partial charge is 0.496 e. The highest BCUT2D eigenvalue weighted by atomic mass is 16.6. The molecule has 10 nitrogen and oxygen atoms in total. The number of nitriles is 1. The summed E-state index contributed by atoms with van der Waals surface area (Å²) in [5.41, 5.74) is 2.53.